The molecule has 0 saturated carbocycles. The monoisotopic (exact) mass is 287 g/mol. The third kappa shape index (κ3) is 4.53. The molecule has 0 bridgehead atoms. The maximum Gasteiger partial charge on any atom is 0.178 e. The van der Waals surface area contributed by atoms with Crippen LogP contribution >= 0.6 is 11.8 Å². The molecule has 0 radical (unpaired) electrons. The summed E-state index contributed by atoms with van der Waals surface area (Å²) in [6.07, 6.45) is 2.10. The van der Waals surface area contributed by atoms with Gasteiger partial charge in [0.15, 0.2) is 9.84 Å². The summed E-state index contributed by atoms with van der Waals surface area (Å²) in [5.74, 6) is 1.86. The number of hydrogen-bond acceptors (Lipinski definition) is 4. The maximum atomic E-state index is 11.6. The third-order valence-corrected chi connectivity index (χ3v) is 5.35. The molecule has 0 aromatic heterocycles. The quantitative estimate of drug-likeness (QED) is 0.837. The molecule has 5 heteroatoms. The SMILES string of the molecule is CCS(=O)(=O)c1ccc(NCC(C)CSC)cc1. The molecule has 1 aromatic carbocycles. The molecule has 0 heterocycles. The minimum Gasteiger partial charge on any atom is -0.385 e. The van der Waals surface area contributed by atoms with E-state index in [9.17, 15) is 8.42 Å². The second-order valence-corrected chi connectivity index (χ2v) is 7.56. The molecular weight excluding hydrogens is 266 g/mol. The Hall–Kier alpha value is -0.680. The van der Waals surface area contributed by atoms with Crippen molar-refractivity contribution in [2.24, 2.45) is 5.92 Å². The first kappa shape index (κ1) is 15.4. The van der Waals surface area contributed by atoms with Crippen molar-refractivity contribution >= 4 is 27.3 Å². The van der Waals surface area contributed by atoms with E-state index in [-0.39, 0.29) is 5.75 Å². The molecule has 0 spiro atoms. The molecule has 1 rings (SSSR count). The molecule has 18 heavy (non-hydrogen) atoms. The van der Waals surface area contributed by atoms with Crippen LogP contribution in [-0.2, 0) is 9.84 Å². The van der Waals surface area contributed by atoms with Crippen LogP contribution in [0.5, 0.6) is 0 Å². The van der Waals surface area contributed by atoms with Crippen molar-refractivity contribution in [1.82, 2.24) is 0 Å². The Kier molecular flexibility index (Phi) is 6.02. The van der Waals surface area contributed by atoms with Crippen LogP contribution in [-0.4, -0.2) is 32.7 Å². The molecule has 0 aliphatic rings. The zero-order chi connectivity index (χ0) is 13.6. The van der Waals surface area contributed by atoms with Crippen molar-refractivity contribution in [2.45, 2.75) is 18.7 Å². The summed E-state index contributed by atoms with van der Waals surface area (Å²) in [6, 6.07) is 6.99. The summed E-state index contributed by atoms with van der Waals surface area (Å²) in [7, 11) is -3.09. The number of rotatable bonds is 7. The molecule has 1 aromatic rings. The molecule has 0 aliphatic heterocycles. The summed E-state index contributed by atoms with van der Waals surface area (Å²) in [6.45, 7) is 4.76. The van der Waals surface area contributed by atoms with E-state index in [2.05, 4.69) is 18.5 Å². The van der Waals surface area contributed by atoms with Crippen molar-refractivity contribution in [1.29, 1.82) is 0 Å². The van der Waals surface area contributed by atoms with Crippen LogP contribution in [0.3, 0.4) is 0 Å². The number of hydrogen-bond donors (Lipinski definition) is 1. The lowest BCUT2D eigenvalue weighted by molar-refractivity contribution is 0.597. The smallest absolute Gasteiger partial charge is 0.178 e. The minimum atomic E-state index is -3.09. The Morgan fingerprint density at radius 3 is 2.39 bits per heavy atom. The van der Waals surface area contributed by atoms with Crippen molar-refractivity contribution < 1.29 is 8.42 Å². The standard InChI is InChI=1S/C13H21NO2S2/c1-4-18(15,16)13-7-5-12(6-8-13)14-9-11(2)10-17-3/h5-8,11,14H,4,9-10H2,1-3H3. The first-order valence-electron chi connectivity index (χ1n) is 6.05. The topological polar surface area (TPSA) is 46.2 Å². The molecule has 0 aliphatic carbocycles. The Labute approximate surface area is 114 Å². The average Bonchev–Trinajstić information content (AvgIpc) is 2.37. The van der Waals surface area contributed by atoms with E-state index in [4.69, 9.17) is 0 Å². The van der Waals surface area contributed by atoms with Crippen LogP contribution in [0.15, 0.2) is 29.2 Å². The second-order valence-electron chi connectivity index (χ2n) is 4.37. The van der Waals surface area contributed by atoms with Crippen LogP contribution in [0.4, 0.5) is 5.69 Å². The zero-order valence-corrected chi connectivity index (χ0v) is 12.8. The number of benzene rings is 1. The third-order valence-electron chi connectivity index (χ3n) is 2.70. The van der Waals surface area contributed by atoms with Gasteiger partial charge in [0.1, 0.15) is 0 Å². The van der Waals surface area contributed by atoms with E-state index in [1.165, 1.54) is 0 Å². The Morgan fingerprint density at radius 2 is 1.89 bits per heavy atom. The van der Waals surface area contributed by atoms with Crippen molar-refractivity contribution in [2.75, 3.05) is 29.6 Å². The van der Waals surface area contributed by atoms with E-state index < -0.39 is 9.84 Å². The number of thioether (sulfide) groups is 1. The van der Waals surface area contributed by atoms with Gasteiger partial charge in [0.25, 0.3) is 0 Å². The highest BCUT2D eigenvalue weighted by Crippen LogP contribution is 2.16. The van der Waals surface area contributed by atoms with Gasteiger partial charge >= 0.3 is 0 Å². The van der Waals surface area contributed by atoms with Gasteiger partial charge in [0.2, 0.25) is 0 Å². The van der Waals surface area contributed by atoms with Gasteiger partial charge in [0, 0.05) is 12.2 Å². The van der Waals surface area contributed by atoms with Crippen molar-refractivity contribution in [3.8, 4) is 0 Å². The summed E-state index contributed by atoms with van der Waals surface area (Å²) < 4.78 is 23.3. The molecule has 0 amide bonds. The second kappa shape index (κ2) is 7.04. The highest BCUT2D eigenvalue weighted by Gasteiger charge is 2.10. The van der Waals surface area contributed by atoms with Crippen LogP contribution in [0.1, 0.15) is 13.8 Å². The molecule has 1 N–H and O–H groups in total. The van der Waals surface area contributed by atoms with Gasteiger partial charge in [-0.2, -0.15) is 11.8 Å². The minimum absolute atomic E-state index is 0.143. The molecule has 102 valence electrons. The van der Waals surface area contributed by atoms with Gasteiger partial charge in [0.05, 0.1) is 10.6 Å². The maximum absolute atomic E-state index is 11.6. The van der Waals surface area contributed by atoms with Crippen LogP contribution in [0, 0.1) is 5.92 Å². The summed E-state index contributed by atoms with van der Waals surface area (Å²) >= 11 is 1.83. The van der Waals surface area contributed by atoms with E-state index in [0.717, 1.165) is 18.0 Å². The predicted molar refractivity (Wildman–Crippen MR) is 80.2 cm³/mol. The van der Waals surface area contributed by atoms with E-state index >= 15 is 0 Å². The lowest BCUT2D eigenvalue weighted by Crippen LogP contribution is -2.13. The molecule has 0 fully saturated rings. The number of sulfone groups is 1. The molecule has 1 unspecified atom stereocenters. The largest absolute Gasteiger partial charge is 0.385 e. The first-order valence-corrected chi connectivity index (χ1v) is 9.10. The molecule has 3 nitrogen and oxygen atoms in total. The van der Waals surface area contributed by atoms with Crippen LogP contribution < -0.4 is 5.32 Å². The van der Waals surface area contributed by atoms with E-state index in [0.29, 0.717) is 10.8 Å². The lowest BCUT2D eigenvalue weighted by Gasteiger charge is -2.12. The first-order chi connectivity index (χ1) is 8.49. The van der Waals surface area contributed by atoms with Gasteiger partial charge in [-0.15, -0.1) is 0 Å². The Bertz CT molecular complexity index is 454. The highest BCUT2D eigenvalue weighted by molar-refractivity contribution is 7.98. The normalized spacial score (nSPS) is 13.3. The Morgan fingerprint density at radius 1 is 1.28 bits per heavy atom. The van der Waals surface area contributed by atoms with E-state index in [1.807, 2.05) is 23.9 Å². The van der Waals surface area contributed by atoms with Crippen LogP contribution in [0.2, 0.25) is 0 Å². The number of nitrogens with one attached hydrogen (secondary N) is 1. The van der Waals surface area contributed by atoms with Crippen molar-refractivity contribution in [3.05, 3.63) is 24.3 Å². The predicted octanol–water partition coefficient (Wildman–Crippen LogP) is 2.89. The van der Waals surface area contributed by atoms with Gasteiger partial charge in [-0.05, 0) is 42.2 Å². The molecule has 0 saturated heterocycles. The van der Waals surface area contributed by atoms with Gasteiger partial charge in [-0.1, -0.05) is 13.8 Å². The summed E-state index contributed by atoms with van der Waals surface area (Å²) in [4.78, 5) is 0.396. The zero-order valence-electron chi connectivity index (χ0n) is 11.1. The van der Waals surface area contributed by atoms with Gasteiger partial charge < -0.3 is 5.32 Å². The van der Waals surface area contributed by atoms with E-state index in [1.54, 1.807) is 19.1 Å². The van der Waals surface area contributed by atoms with Crippen molar-refractivity contribution in [3.63, 3.8) is 0 Å². The average molecular weight is 287 g/mol. The summed E-state index contributed by atoms with van der Waals surface area (Å²) in [5.41, 5.74) is 0.970. The van der Waals surface area contributed by atoms with Gasteiger partial charge in [-0.3, -0.25) is 0 Å². The fourth-order valence-corrected chi connectivity index (χ4v) is 3.15. The molecule has 1 atom stereocenters. The highest BCUT2D eigenvalue weighted by atomic mass is 32.2. The fraction of sp³-hybridized carbons (Fsp3) is 0.538. The molecular formula is C13H21NO2S2. The Balaban J connectivity index is 2.61. The van der Waals surface area contributed by atoms with Crippen LogP contribution in [0.25, 0.3) is 0 Å². The fourth-order valence-electron chi connectivity index (χ4n) is 1.58. The van der Waals surface area contributed by atoms with Gasteiger partial charge in [-0.25, -0.2) is 8.42 Å². The number of anilines is 1. The summed E-state index contributed by atoms with van der Waals surface area (Å²) in [5, 5.41) is 3.32. The lowest BCUT2D eigenvalue weighted by atomic mass is 10.2.